The maximum absolute atomic E-state index is 13.1. The standard InChI is InChI=1S/C19H17F2N3O2/c1-24-17(23-16-5-3-2-4-15(16)19(24)26)6-7-18(25)22-11-12-8-13(20)10-14(21)9-12/h2-5,8-10H,6-7,11H2,1H3,(H,22,25). The van der Waals surface area contributed by atoms with E-state index in [1.807, 2.05) is 0 Å². The molecule has 0 aliphatic heterocycles. The third-order valence-electron chi connectivity index (χ3n) is 4.06. The first-order valence-corrected chi connectivity index (χ1v) is 8.10. The number of rotatable bonds is 5. The number of hydrogen-bond donors (Lipinski definition) is 1. The number of halogens is 2. The van der Waals surface area contributed by atoms with E-state index in [1.54, 1.807) is 31.3 Å². The van der Waals surface area contributed by atoms with Crippen LogP contribution < -0.4 is 10.9 Å². The molecule has 0 spiro atoms. The van der Waals surface area contributed by atoms with Gasteiger partial charge in [0.2, 0.25) is 5.91 Å². The van der Waals surface area contributed by atoms with Gasteiger partial charge in [-0.05, 0) is 29.8 Å². The zero-order valence-corrected chi connectivity index (χ0v) is 14.1. The normalized spacial score (nSPS) is 10.9. The average molecular weight is 357 g/mol. The maximum Gasteiger partial charge on any atom is 0.261 e. The Hall–Kier alpha value is -3.09. The van der Waals surface area contributed by atoms with Crippen LogP contribution in [0.4, 0.5) is 8.78 Å². The molecule has 0 aliphatic carbocycles. The monoisotopic (exact) mass is 357 g/mol. The third-order valence-corrected chi connectivity index (χ3v) is 4.06. The van der Waals surface area contributed by atoms with Crippen molar-refractivity contribution in [3.63, 3.8) is 0 Å². The fourth-order valence-electron chi connectivity index (χ4n) is 2.71. The number of fused-ring (bicyclic) bond motifs is 1. The number of hydrogen-bond acceptors (Lipinski definition) is 3. The molecule has 2 aromatic carbocycles. The fraction of sp³-hybridized carbons (Fsp3) is 0.211. The molecule has 0 radical (unpaired) electrons. The molecule has 1 aromatic heterocycles. The Balaban J connectivity index is 1.65. The molecule has 0 unspecified atom stereocenters. The molecule has 7 heteroatoms. The molecule has 0 atom stereocenters. The van der Waals surface area contributed by atoms with Crippen molar-refractivity contribution in [2.45, 2.75) is 19.4 Å². The summed E-state index contributed by atoms with van der Waals surface area (Å²) in [6, 6.07) is 10.1. The summed E-state index contributed by atoms with van der Waals surface area (Å²) in [5.74, 6) is -1.17. The van der Waals surface area contributed by atoms with E-state index >= 15 is 0 Å². The predicted octanol–water partition coefficient (Wildman–Crippen LogP) is 2.46. The van der Waals surface area contributed by atoms with Gasteiger partial charge in [-0.25, -0.2) is 13.8 Å². The van der Waals surface area contributed by atoms with Crippen LogP contribution in [-0.4, -0.2) is 15.5 Å². The number of benzene rings is 2. The molecule has 0 aliphatic rings. The molecule has 5 nitrogen and oxygen atoms in total. The van der Waals surface area contributed by atoms with E-state index in [-0.39, 0.29) is 30.9 Å². The molecule has 134 valence electrons. The van der Waals surface area contributed by atoms with Crippen LogP contribution in [0.2, 0.25) is 0 Å². The van der Waals surface area contributed by atoms with Crippen LogP contribution in [0, 0.1) is 11.6 Å². The molecule has 0 saturated heterocycles. The summed E-state index contributed by atoms with van der Waals surface area (Å²) in [6.45, 7) is 0.0254. The van der Waals surface area contributed by atoms with Crippen LogP contribution in [-0.2, 0) is 24.8 Å². The first-order valence-electron chi connectivity index (χ1n) is 8.10. The molecule has 3 rings (SSSR count). The van der Waals surface area contributed by atoms with Crippen LogP contribution in [0.25, 0.3) is 10.9 Å². The lowest BCUT2D eigenvalue weighted by atomic mass is 10.2. The average Bonchev–Trinajstić information content (AvgIpc) is 2.61. The smallest absolute Gasteiger partial charge is 0.261 e. The number of para-hydroxylation sites is 1. The van der Waals surface area contributed by atoms with Crippen molar-refractivity contribution < 1.29 is 13.6 Å². The second kappa shape index (κ2) is 7.43. The Bertz CT molecular complexity index is 1010. The molecule has 3 aromatic rings. The Morgan fingerprint density at radius 1 is 1.15 bits per heavy atom. The minimum atomic E-state index is -0.690. The summed E-state index contributed by atoms with van der Waals surface area (Å²) in [7, 11) is 1.62. The van der Waals surface area contributed by atoms with Crippen molar-refractivity contribution in [3.05, 3.63) is 75.8 Å². The number of nitrogens with zero attached hydrogens (tertiary/aromatic N) is 2. The summed E-state index contributed by atoms with van der Waals surface area (Å²) in [4.78, 5) is 28.8. The van der Waals surface area contributed by atoms with Gasteiger partial charge >= 0.3 is 0 Å². The molecule has 26 heavy (non-hydrogen) atoms. The van der Waals surface area contributed by atoms with Crippen LogP contribution in [0.1, 0.15) is 17.8 Å². The highest BCUT2D eigenvalue weighted by molar-refractivity contribution is 5.78. The van der Waals surface area contributed by atoms with Gasteiger partial charge in [0.15, 0.2) is 0 Å². The highest BCUT2D eigenvalue weighted by Crippen LogP contribution is 2.09. The number of amides is 1. The van der Waals surface area contributed by atoms with E-state index in [0.29, 0.717) is 22.3 Å². The van der Waals surface area contributed by atoms with E-state index in [4.69, 9.17) is 0 Å². The van der Waals surface area contributed by atoms with Gasteiger partial charge in [-0.2, -0.15) is 0 Å². The maximum atomic E-state index is 13.1. The first kappa shape index (κ1) is 17.7. The minimum Gasteiger partial charge on any atom is -0.352 e. The van der Waals surface area contributed by atoms with Gasteiger partial charge in [-0.15, -0.1) is 0 Å². The van der Waals surface area contributed by atoms with Gasteiger partial charge < -0.3 is 5.32 Å². The summed E-state index contributed by atoms with van der Waals surface area (Å²) >= 11 is 0. The molecule has 0 saturated carbocycles. The number of nitrogens with one attached hydrogen (secondary N) is 1. The van der Waals surface area contributed by atoms with Gasteiger partial charge in [0.25, 0.3) is 5.56 Å². The van der Waals surface area contributed by atoms with E-state index in [0.717, 1.165) is 18.2 Å². The number of carbonyl (C=O) groups is 1. The lowest BCUT2D eigenvalue weighted by Crippen LogP contribution is -2.26. The summed E-state index contributed by atoms with van der Waals surface area (Å²) in [5, 5.41) is 3.13. The second-order valence-electron chi connectivity index (χ2n) is 5.96. The summed E-state index contributed by atoms with van der Waals surface area (Å²) in [6.07, 6.45) is 0.385. The highest BCUT2D eigenvalue weighted by Gasteiger charge is 2.10. The molecule has 0 bridgehead atoms. The Kier molecular flexibility index (Phi) is 5.06. The number of aromatic nitrogens is 2. The summed E-state index contributed by atoms with van der Waals surface area (Å²) in [5.41, 5.74) is 0.759. The molecule has 0 fully saturated rings. The fourth-order valence-corrected chi connectivity index (χ4v) is 2.71. The van der Waals surface area contributed by atoms with Gasteiger partial charge in [-0.3, -0.25) is 14.2 Å². The van der Waals surface area contributed by atoms with Gasteiger partial charge in [0, 0.05) is 32.5 Å². The molecule has 1 amide bonds. The second-order valence-corrected chi connectivity index (χ2v) is 5.96. The van der Waals surface area contributed by atoms with Gasteiger partial charge in [0.05, 0.1) is 10.9 Å². The van der Waals surface area contributed by atoms with Crippen molar-refractivity contribution in [3.8, 4) is 0 Å². The van der Waals surface area contributed by atoms with E-state index < -0.39 is 11.6 Å². The van der Waals surface area contributed by atoms with Crippen molar-refractivity contribution in [1.82, 2.24) is 14.9 Å². The summed E-state index contributed by atoms with van der Waals surface area (Å²) < 4.78 is 27.7. The van der Waals surface area contributed by atoms with Crippen LogP contribution in [0.3, 0.4) is 0 Å². The van der Waals surface area contributed by atoms with Crippen molar-refractivity contribution in [2.75, 3.05) is 0 Å². The molecular formula is C19H17F2N3O2. The van der Waals surface area contributed by atoms with Crippen LogP contribution in [0.15, 0.2) is 47.3 Å². The molecule has 1 heterocycles. The van der Waals surface area contributed by atoms with Crippen LogP contribution in [0.5, 0.6) is 0 Å². The Morgan fingerprint density at radius 2 is 1.85 bits per heavy atom. The van der Waals surface area contributed by atoms with Gasteiger partial charge in [-0.1, -0.05) is 12.1 Å². The molecule has 1 N–H and O–H groups in total. The number of carbonyl (C=O) groups excluding carboxylic acids is 1. The van der Waals surface area contributed by atoms with Gasteiger partial charge in [0.1, 0.15) is 17.5 Å². The van der Waals surface area contributed by atoms with Crippen molar-refractivity contribution in [1.29, 1.82) is 0 Å². The highest BCUT2D eigenvalue weighted by atomic mass is 19.1. The lowest BCUT2D eigenvalue weighted by molar-refractivity contribution is -0.121. The SMILES string of the molecule is Cn1c(CCC(=O)NCc2cc(F)cc(F)c2)nc2ccccc2c1=O. The lowest BCUT2D eigenvalue weighted by Gasteiger charge is -2.09. The Labute approximate surface area is 148 Å². The topological polar surface area (TPSA) is 64.0 Å². The quantitative estimate of drug-likeness (QED) is 0.763. The van der Waals surface area contributed by atoms with E-state index in [1.165, 1.54) is 4.57 Å². The van der Waals surface area contributed by atoms with E-state index in [2.05, 4.69) is 10.3 Å². The zero-order valence-electron chi connectivity index (χ0n) is 14.1. The minimum absolute atomic E-state index is 0.0254. The van der Waals surface area contributed by atoms with E-state index in [9.17, 15) is 18.4 Å². The van der Waals surface area contributed by atoms with Crippen molar-refractivity contribution >= 4 is 16.8 Å². The zero-order chi connectivity index (χ0) is 18.7. The third kappa shape index (κ3) is 3.93. The number of aryl methyl sites for hydroxylation is 1. The first-order chi connectivity index (χ1) is 12.4. The van der Waals surface area contributed by atoms with Crippen molar-refractivity contribution in [2.24, 2.45) is 7.05 Å². The predicted molar refractivity (Wildman–Crippen MR) is 93.5 cm³/mol. The molecular weight excluding hydrogens is 340 g/mol. The van der Waals surface area contributed by atoms with Crippen LogP contribution >= 0.6 is 0 Å². The Morgan fingerprint density at radius 3 is 2.58 bits per heavy atom. The largest absolute Gasteiger partial charge is 0.352 e.